The van der Waals surface area contributed by atoms with Crippen LogP contribution in [0.1, 0.15) is 89.5 Å². The summed E-state index contributed by atoms with van der Waals surface area (Å²) in [4.78, 5) is 0. The molecule has 1 fully saturated rings. The maximum absolute atomic E-state index is 6.38. The van der Waals surface area contributed by atoms with Crippen LogP contribution in [0, 0.1) is 17.8 Å². The maximum atomic E-state index is 6.38. The smallest absolute Gasteiger partial charge is 0.0481 e. The summed E-state index contributed by atoms with van der Waals surface area (Å²) in [6.45, 7) is 2.31. The van der Waals surface area contributed by atoms with Crippen LogP contribution < -0.4 is 0 Å². The van der Waals surface area contributed by atoms with Crippen molar-refractivity contribution < 1.29 is 0 Å². The molecule has 0 spiro atoms. The van der Waals surface area contributed by atoms with Gasteiger partial charge in [-0.2, -0.15) is 0 Å². The molecule has 1 atom stereocenters. The van der Waals surface area contributed by atoms with Crippen LogP contribution in [0.5, 0.6) is 0 Å². The summed E-state index contributed by atoms with van der Waals surface area (Å²) in [5, 5.41) is 0.913. The lowest BCUT2D eigenvalue weighted by atomic mass is 9.70. The van der Waals surface area contributed by atoms with E-state index in [1.165, 1.54) is 88.2 Å². The molecule has 0 heterocycles. The molecule has 1 saturated carbocycles. The standard InChI is InChI=1S/C24H35Cl/c1-2-3-4-5-8-19-11-13-20(14-12-19)21-15-17-22(18-16-21)23-9-6-7-10-24(23)25/h6-7,9-10,17,19-21H,2-5,8,11-16,18H2,1H3. The van der Waals surface area contributed by atoms with Gasteiger partial charge in [-0.25, -0.2) is 0 Å². The van der Waals surface area contributed by atoms with Crippen molar-refractivity contribution in [3.05, 3.63) is 40.9 Å². The number of rotatable bonds is 7. The van der Waals surface area contributed by atoms with Crippen LogP contribution in [0.4, 0.5) is 0 Å². The van der Waals surface area contributed by atoms with E-state index in [4.69, 9.17) is 11.6 Å². The van der Waals surface area contributed by atoms with Crippen molar-refractivity contribution in [1.82, 2.24) is 0 Å². The molecule has 1 aromatic carbocycles. The predicted molar refractivity (Wildman–Crippen MR) is 111 cm³/mol. The summed E-state index contributed by atoms with van der Waals surface area (Å²) < 4.78 is 0. The highest BCUT2D eigenvalue weighted by atomic mass is 35.5. The zero-order valence-corrected chi connectivity index (χ0v) is 16.7. The molecule has 0 aromatic heterocycles. The molecular formula is C24H35Cl. The molecule has 0 bridgehead atoms. The van der Waals surface area contributed by atoms with Crippen LogP contribution in [0.2, 0.25) is 5.02 Å². The van der Waals surface area contributed by atoms with Crippen molar-refractivity contribution in [2.45, 2.75) is 84.0 Å². The largest absolute Gasteiger partial charge is 0.0837 e. The van der Waals surface area contributed by atoms with E-state index in [9.17, 15) is 0 Å². The molecule has 2 aliphatic rings. The monoisotopic (exact) mass is 358 g/mol. The molecule has 1 unspecified atom stereocenters. The Balaban J connectivity index is 1.44. The number of halogens is 1. The number of benzene rings is 1. The minimum Gasteiger partial charge on any atom is -0.0837 e. The Morgan fingerprint density at radius 2 is 1.72 bits per heavy atom. The average Bonchev–Trinajstić information content (AvgIpc) is 2.66. The van der Waals surface area contributed by atoms with Crippen molar-refractivity contribution in [3.63, 3.8) is 0 Å². The first-order valence-corrected chi connectivity index (χ1v) is 11.1. The second-order valence-corrected chi connectivity index (χ2v) is 8.78. The average molecular weight is 359 g/mol. The van der Waals surface area contributed by atoms with E-state index in [1.54, 1.807) is 0 Å². The summed E-state index contributed by atoms with van der Waals surface area (Å²) in [5.74, 6) is 2.94. The highest BCUT2D eigenvalue weighted by molar-refractivity contribution is 6.32. The molecular weight excluding hydrogens is 324 g/mol. The van der Waals surface area contributed by atoms with Gasteiger partial charge in [0, 0.05) is 5.02 Å². The molecule has 1 aromatic rings. The molecule has 0 N–H and O–H groups in total. The SMILES string of the molecule is CCCCCCC1CCC(C2CC=C(c3ccccc3Cl)CC2)CC1. The van der Waals surface area contributed by atoms with E-state index in [0.29, 0.717) is 0 Å². The number of hydrogen-bond acceptors (Lipinski definition) is 0. The van der Waals surface area contributed by atoms with Gasteiger partial charge in [-0.05, 0) is 67.1 Å². The number of unbranched alkanes of at least 4 members (excludes halogenated alkanes) is 3. The van der Waals surface area contributed by atoms with Gasteiger partial charge < -0.3 is 0 Å². The first-order chi connectivity index (χ1) is 12.3. The summed E-state index contributed by atoms with van der Waals surface area (Å²) in [6.07, 6.45) is 19.5. The minimum absolute atomic E-state index is 0.913. The van der Waals surface area contributed by atoms with Crippen molar-refractivity contribution in [2.75, 3.05) is 0 Å². The van der Waals surface area contributed by atoms with Crippen molar-refractivity contribution in [1.29, 1.82) is 0 Å². The van der Waals surface area contributed by atoms with Gasteiger partial charge in [0.25, 0.3) is 0 Å². The second kappa shape index (κ2) is 9.81. The molecule has 0 aliphatic heterocycles. The maximum Gasteiger partial charge on any atom is 0.0481 e. The fraction of sp³-hybridized carbons (Fsp3) is 0.667. The minimum atomic E-state index is 0.913. The summed E-state index contributed by atoms with van der Waals surface area (Å²) in [5.41, 5.74) is 2.74. The highest BCUT2D eigenvalue weighted by Crippen LogP contribution is 2.42. The molecule has 0 nitrogen and oxygen atoms in total. The first kappa shape index (κ1) is 19.0. The molecule has 3 rings (SSSR count). The van der Waals surface area contributed by atoms with E-state index < -0.39 is 0 Å². The van der Waals surface area contributed by atoms with E-state index in [-0.39, 0.29) is 0 Å². The lowest BCUT2D eigenvalue weighted by Crippen LogP contribution is -2.23. The molecule has 0 amide bonds. The Morgan fingerprint density at radius 1 is 0.920 bits per heavy atom. The topological polar surface area (TPSA) is 0 Å². The summed E-state index contributed by atoms with van der Waals surface area (Å²) in [7, 11) is 0. The Morgan fingerprint density at radius 3 is 2.40 bits per heavy atom. The van der Waals surface area contributed by atoms with Crippen LogP contribution in [-0.4, -0.2) is 0 Å². The van der Waals surface area contributed by atoms with E-state index in [2.05, 4.69) is 25.1 Å². The van der Waals surface area contributed by atoms with E-state index in [1.807, 2.05) is 12.1 Å². The molecule has 0 saturated heterocycles. The lowest BCUT2D eigenvalue weighted by molar-refractivity contribution is 0.187. The van der Waals surface area contributed by atoms with Crippen LogP contribution in [0.3, 0.4) is 0 Å². The third-order valence-corrected chi connectivity index (χ3v) is 7.02. The van der Waals surface area contributed by atoms with Gasteiger partial charge in [0.2, 0.25) is 0 Å². The third-order valence-electron chi connectivity index (χ3n) is 6.70. The fourth-order valence-electron chi connectivity index (χ4n) is 5.06. The van der Waals surface area contributed by atoms with Crippen molar-refractivity contribution in [3.8, 4) is 0 Å². The second-order valence-electron chi connectivity index (χ2n) is 8.37. The van der Waals surface area contributed by atoms with Crippen molar-refractivity contribution in [2.24, 2.45) is 17.8 Å². The van der Waals surface area contributed by atoms with Crippen LogP contribution in [0.25, 0.3) is 5.57 Å². The third kappa shape index (κ3) is 5.36. The zero-order chi connectivity index (χ0) is 17.5. The fourth-order valence-corrected chi connectivity index (χ4v) is 5.31. The quantitative estimate of drug-likeness (QED) is 0.430. The van der Waals surface area contributed by atoms with Gasteiger partial charge in [0.15, 0.2) is 0 Å². The lowest BCUT2D eigenvalue weighted by Gasteiger charge is -2.35. The highest BCUT2D eigenvalue weighted by Gasteiger charge is 2.28. The normalized spacial score (nSPS) is 27.1. The summed E-state index contributed by atoms with van der Waals surface area (Å²) >= 11 is 6.38. The van der Waals surface area contributed by atoms with Gasteiger partial charge in [-0.1, -0.05) is 87.7 Å². The Bertz CT molecular complexity index is 551. The van der Waals surface area contributed by atoms with E-state index in [0.717, 1.165) is 22.8 Å². The first-order valence-electron chi connectivity index (χ1n) is 10.7. The van der Waals surface area contributed by atoms with Crippen molar-refractivity contribution >= 4 is 17.2 Å². The Kier molecular flexibility index (Phi) is 7.47. The molecule has 138 valence electrons. The van der Waals surface area contributed by atoms with Crippen LogP contribution >= 0.6 is 11.6 Å². The van der Waals surface area contributed by atoms with Gasteiger partial charge in [-0.15, -0.1) is 0 Å². The van der Waals surface area contributed by atoms with E-state index >= 15 is 0 Å². The molecule has 25 heavy (non-hydrogen) atoms. The Hall–Kier alpha value is -0.750. The summed E-state index contributed by atoms with van der Waals surface area (Å²) in [6, 6.07) is 8.33. The predicted octanol–water partition coefficient (Wildman–Crippen LogP) is 8.30. The zero-order valence-electron chi connectivity index (χ0n) is 16.0. The molecule has 0 radical (unpaired) electrons. The van der Waals surface area contributed by atoms with Gasteiger partial charge in [0.1, 0.15) is 0 Å². The van der Waals surface area contributed by atoms with Crippen LogP contribution in [-0.2, 0) is 0 Å². The van der Waals surface area contributed by atoms with Crippen LogP contribution in [0.15, 0.2) is 30.3 Å². The number of hydrogen-bond donors (Lipinski definition) is 0. The van der Waals surface area contributed by atoms with Gasteiger partial charge in [-0.3, -0.25) is 0 Å². The molecule has 1 heteroatoms. The Labute approximate surface area is 160 Å². The van der Waals surface area contributed by atoms with Gasteiger partial charge in [0.05, 0.1) is 0 Å². The molecule has 2 aliphatic carbocycles. The van der Waals surface area contributed by atoms with Gasteiger partial charge >= 0.3 is 0 Å². The number of allylic oxidation sites excluding steroid dienone is 2.